The van der Waals surface area contributed by atoms with E-state index in [1.165, 1.54) is 32.4 Å². The number of aliphatic carboxylic acids is 1. The molecule has 124 valence electrons. The molecule has 2 rings (SSSR count). The van der Waals surface area contributed by atoms with Gasteiger partial charge < -0.3 is 24.5 Å². The Hall–Kier alpha value is -2.61. The first kappa shape index (κ1) is 16.8. The molecule has 0 bridgehead atoms. The minimum atomic E-state index is -1.14. The summed E-state index contributed by atoms with van der Waals surface area (Å²) < 4.78 is 23.9. The Morgan fingerprint density at radius 3 is 2.70 bits per heavy atom. The van der Waals surface area contributed by atoms with Gasteiger partial charge in [0.2, 0.25) is 0 Å². The van der Waals surface area contributed by atoms with Crippen LogP contribution in [-0.2, 0) is 9.53 Å². The highest BCUT2D eigenvalue weighted by Crippen LogP contribution is 2.28. The van der Waals surface area contributed by atoms with E-state index in [4.69, 9.17) is 14.6 Å². The number of hydrogen-bond acceptors (Lipinski definition) is 4. The number of carbonyl (C=O) groups excluding carboxylic acids is 1. The minimum absolute atomic E-state index is 0.0840. The van der Waals surface area contributed by atoms with E-state index in [0.717, 1.165) is 4.90 Å². The van der Waals surface area contributed by atoms with Crippen molar-refractivity contribution in [1.82, 2.24) is 9.88 Å². The van der Waals surface area contributed by atoms with Gasteiger partial charge in [-0.2, -0.15) is 0 Å². The lowest BCUT2D eigenvalue weighted by atomic mass is 10.2. The van der Waals surface area contributed by atoms with E-state index in [-0.39, 0.29) is 24.4 Å². The predicted molar refractivity (Wildman–Crippen MR) is 80.2 cm³/mol. The van der Waals surface area contributed by atoms with Crippen LogP contribution >= 0.6 is 0 Å². The number of rotatable bonds is 7. The molecule has 1 aromatic carbocycles. The number of halogens is 1. The van der Waals surface area contributed by atoms with Gasteiger partial charge in [-0.05, 0) is 18.2 Å². The Bertz CT molecular complexity index is 728. The first-order valence-corrected chi connectivity index (χ1v) is 6.83. The number of carboxylic acid groups (broad SMARTS) is 1. The molecule has 0 saturated carbocycles. The number of benzene rings is 1. The summed E-state index contributed by atoms with van der Waals surface area (Å²) in [7, 11) is 2.89. The molecule has 8 heteroatoms. The van der Waals surface area contributed by atoms with Gasteiger partial charge in [-0.3, -0.25) is 9.59 Å². The van der Waals surface area contributed by atoms with Crippen LogP contribution in [0.3, 0.4) is 0 Å². The van der Waals surface area contributed by atoms with Gasteiger partial charge in [0.1, 0.15) is 23.8 Å². The molecule has 0 atom stereocenters. The van der Waals surface area contributed by atoms with Crippen molar-refractivity contribution in [3.05, 3.63) is 29.7 Å². The molecule has 0 aliphatic carbocycles. The first-order chi connectivity index (χ1) is 11.0. The van der Waals surface area contributed by atoms with E-state index < -0.39 is 24.2 Å². The highest BCUT2D eigenvalue weighted by molar-refractivity contribution is 6.00. The number of methoxy groups -OCH3 is 2. The number of carboxylic acids is 1. The molecule has 2 N–H and O–H groups in total. The van der Waals surface area contributed by atoms with Crippen LogP contribution in [0.15, 0.2) is 18.2 Å². The fourth-order valence-electron chi connectivity index (χ4n) is 2.24. The highest BCUT2D eigenvalue weighted by Gasteiger charge is 2.21. The number of nitrogens with zero attached hydrogens (tertiary/aromatic N) is 1. The quantitative estimate of drug-likeness (QED) is 0.805. The summed E-state index contributed by atoms with van der Waals surface area (Å²) in [5.74, 6) is -1.81. The monoisotopic (exact) mass is 324 g/mol. The van der Waals surface area contributed by atoms with Crippen molar-refractivity contribution < 1.29 is 28.6 Å². The predicted octanol–water partition coefficient (Wildman–Crippen LogP) is 1.49. The number of carbonyl (C=O) groups is 2. The van der Waals surface area contributed by atoms with Crippen LogP contribution in [0.4, 0.5) is 4.39 Å². The fraction of sp³-hybridized carbons (Fsp3) is 0.333. The van der Waals surface area contributed by atoms with Crippen LogP contribution in [-0.4, -0.2) is 60.8 Å². The molecule has 0 aliphatic rings. The normalized spacial score (nSPS) is 10.7. The van der Waals surface area contributed by atoms with Gasteiger partial charge in [0, 0.05) is 19.0 Å². The lowest BCUT2D eigenvalue weighted by molar-refractivity contribution is -0.137. The minimum Gasteiger partial charge on any atom is -0.496 e. The highest BCUT2D eigenvalue weighted by atomic mass is 19.1. The summed E-state index contributed by atoms with van der Waals surface area (Å²) in [6.07, 6.45) is 0. The van der Waals surface area contributed by atoms with Crippen LogP contribution in [0.1, 0.15) is 10.5 Å². The number of nitrogens with one attached hydrogen (secondary N) is 1. The number of aromatic nitrogens is 1. The Balaban J connectivity index is 2.38. The molecule has 0 radical (unpaired) electrons. The zero-order chi connectivity index (χ0) is 17.0. The van der Waals surface area contributed by atoms with Gasteiger partial charge in [-0.25, -0.2) is 4.39 Å². The van der Waals surface area contributed by atoms with Crippen LogP contribution in [0.5, 0.6) is 5.75 Å². The lowest BCUT2D eigenvalue weighted by Crippen LogP contribution is -2.38. The van der Waals surface area contributed by atoms with Crippen LogP contribution in [0, 0.1) is 5.82 Å². The van der Waals surface area contributed by atoms with Gasteiger partial charge in [0.05, 0.1) is 19.2 Å². The number of fused-ring (bicyclic) bond motifs is 1. The van der Waals surface area contributed by atoms with Crippen molar-refractivity contribution in [2.75, 3.05) is 33.9 Å². The maximum Gasteiger partial charge on any atom is 0.323 e. The Morgan fingerprint density at radius 2 is 2.09 bits per heavy atom. The Labute approximate surface area is 131 Å². The third-order valence-electron chi connectivity index (χ3n) is 3.33. The summed E-state index contributed by atoms with van der Waals surface area (Å²) in [4.78, 5) is 27.2. The Morgan fingerprint density at radius 1 is 1.35 bits per heavy atom. The van der Waals surface area contributed by atoms with Crippen molar-refractivity contribution in [1.29, 1.82) is 0 Å². The fourth-order valence-corrected chi connectivity index (χ4v) is 2.24. The van der Waals surface area contributed by atoms with Crippen molar-refractivity contribution in [3.63, 3.8) is 0 Å². The molecule has 0 unspecified atom stereocenters. The molecular formula is C15H17FN2O5. The summed E-state index contributed by atoms with van der Waals surface area (Å²) in [5, 5.41) is 9.33. The molecule has 2 aromatic rings. The molecule has 1 amide bonds. The molecule has 0 fully saturated rings. The number of amides is 1. The average Bonchev–Trinajstić information content (AvgIpc) is 2.97. The van der Waals surface area contributed by atoms with Gasteiger partial charge in [-0.1, -0.05) is 0 Å². The largest absolute Gasteiger partial charge is 0.496 e. The second-order valence-corrected chi connectivity index (χ2v) is 4.83. The van der Waals surface area contributed by atoms with Crippen molar-refractivity contribution in [2.24, 2.45) is 0 Å². The molecule has 1 heterocycles. The van der Waals surface area contributed by atoms with Crippen LogP contribution in [0.25, 0.3) is 10.9 Å². The van der Waals surface area contributed by atoms with Crippen molar-refractivity contribution in [2.45, 2.75) is 0 Å². The topological polar surface area (TPSA) is 91.9 Å². The molecule has 7 nitrogen and oxygen atoms in total. The van der Waals surface area contributed by atoms with E-state index in [9.17, 15) is 14.0 Å². The number of ether oxygens (including phenoxy) is 2. The van der Waals surface area contributed by atoms with E-state index in [1.807, 2.05) is 0 Å². The summed E-state index contributed by atoms with van der Waals surface area (Å²) in [6, 6.07) is 4.13. The zero-order valence-electron chi connectivity index (χ0n) is 12.8. The number of hydrogen-bond donors (Lipinski definition) is 2. The molecule has 0 saturated heterocycles. The number of aromatic amines is 1. The van der Waals surface area contributed by atoms with Gasteiger partial charge in [-0.15, -0.1) is 0 Å². The van der Waals surface area contributed by atoms with Gasteiger partial charge >= 0.3 is 5.97 Å². The zero-order valence-corrected chi connectivity index (χ0v) is 12.8. The van der Waals surface area contributed by atoms with E-state index in [2.05, 4.69) is 4.98 Å². The smallest absolute Gasteiger partial charge is 0.323 e. The summed E-state index contributed by atoms with van der Waals surface area (Å²) in [5.41, 5.74) is 0.218. The molecule has 0 aliphatic heterocycles. The maximum atomic E-state index is 13.9. The number of H-pyrrole nitrogens is 1. The third kappa shape index (κ3) is 3.59. The Kier molecular flexibility index (Phi) is 5.17. The molecule has 1 aromatic heterocycles. The van der Waals surface area contributed by atoms with Crippen molar-refractivity contribution in [3.8, 4) is 5.75 Å². The SMILES string of the molecule is COCCN(CC(=O)O)C(=O)c1cc2c(OC)ccc(F)c2[nH]1. The molecular weight excluding hydrogens is 307 g/mol. The van der Waals surface area contributed by atoms with E-state index in [1.54, 1.807) is 0 Å². The lowest BCUT2D eigenvalue weighted by Gasteiger charge is -2.19. The van der Waals surface area contributed by atoms with E-state index >= 15 is 0 Å². The third-order valence-corrected chi connectivity index (χ3v) is 3.33. The summed E-state index contributed by atoms with van der Waals surface area (Å²) >= 11 is 0. The molecule has 0 spiro atoms. The van der Waals surface area contributed by atoms with Crippen LogP contribution < -0.4 is 4.74 Å². The maximum absolute atomic E-state index is 13.9. The average molecular weight is 324 g/mol. The second-order valence-electron chi connectivity index (χ2n) is 4.83. The molecule has 23 heavy (non-hydrogen) atoms. The van der Waals surface area contributed by atoms with Gasteiger partial charge in [0.15, 0.2) is 0 Å². The first-order valence-electron chi connectivity index (χ1n) is 6.83. The standard InChI is InChI=1S/C15H17FN2O5/c1-22-6-5-18(8-13(19)20)15(21)11-7-9-12(23-2)4-3-10(16)14(9)17-11/h3-4,7,17H,5-6,8H2,1-2H3,(H,19,20). The second kappa shape index (κ2) is 7.10. The van der Waals surface area contributed by atoms with Gasteiger partial charge in [0.25, 0.3) is 5.91 Å². The van der Waals surface area contributed by atoms with Crippen LogP contribution in [0.2, 0.25) is 0 Å². The van der Waals surface area contributed by atoms with E-state index in [0.29, 0.717) is 11.1 Å². The summed E-state index contributed by atoms with van der Waals surface area (Å²) in [6.45, 7) is -0.176. The van der Waals surface area contributed by atoms with Crippen molar-refractivity contribution >= 4 is 22.8 Å².